The summed E-state index contributed by atoms with van der Waals surface area (Å²) in [5.74, 6) is 0. The third-order valence-corrected chi connectivity index (χ3v) is 4.81. The quantitative estimate of drug-likeness (QED) is 0.847. The topological polar surface area (TPSA) is 48.6 Å². The maximum absolute atomic E-state index is 14.2. The van der Waals surface area contributed by atoms with Gasteiger partial charge < -0.3 is 4.74 Å². The van der Waals surface area contributed by atoms with Crippen LogP contribution >= 0.6 is 11.6 Å². The molecule has 0 saturated carbocycles. The maximum Gasteiger partial charge on any atom is 0.127 e. The highest BCUT2D eigenvalue weighted by Gasteiger charge is 2.47. The largest absolute Gasteiger partial charge is 0.367 e. The van der Waals surface area contributed by atoms with E-state index in [1.54, 1.807) is 24.1 Å². The van der Waals surface area contributed by atoms with Crippen molar-refractivity contribution < 1.29 is 13.5 Å². The van der Waals surface area contributed by atoms with E-state index in [-0.39, 0.29) is 6.61 Å². The monoisotopic (exact) mass is 339 g/mol. The van der Waals surface area contributed by atoms with Crippen molar-refractivity contribution in [3.05, 3.63) is 33.8 Å². The number of halogens is 3. The standard InChI is InChI=1S/C16H16ClF2N3O/c1-9-11(3-2-10(8-20)13(9)17)14-16(23-7-5-18)15-12(19)4-6-22(15)21-14/h2-3,12,15-16H,4-7H2,1H3. The molecule has 2 aliphatic heterocycles. The second-order valence-corrected chi connectivity index (χ2v) is 6.01. The Balaban J connectivity index is 2.00. The van der Waals surface area contributed by atoms with E-state index in [0.717, 1.165) is 0 Å². The first-order valence-electron chi connectivity index (χ1n) is 7.44. The lowest BCUT2D eigenvalue weighted by molar-refractivity contribution is 0.0305. The molecule has 3 rings (SSSR count). The van der Waals surface area contributed by atoms with Crippen LogP contribution in [0.15, 0.2) is 17.2 Å². The molecule has 1 aromatic rings. The van der Waals surface area contributed by atoms with Crippen LogP contribution < -0.4 is 0 Å². The Kier molecular flexibility index (Phi) is 4.51. The van der Waals surface area contributed by atoms with Gasteiger partial charge in [-0.2, -0.15) is 10.4 Å². The summed E-state index contributed by atoms with van der Waals surface area (Å²) < 4.78 is 32.3. The Labute approximate surface area is 138 Å². The van der Waals surface area contributed by atoms with E-state index in [2.05, 4.69) is 5.10 Å². The minimum Gasteiger partial charge on any atom is -0.367 e. The maximum atomic E-state index is 14.2. The zero-order valence-electron chi connectivity index (χ0n) is 12.6. The summed E-state index contributed by atoms with van der Waals surface area (Å²) in [6.45, 7) is 1.54. The third-order valence-electron chi connectivity index (χ3n) is 4.32. The van der Waals surface area contributed by atoms with Crippen LogP contribution in [0.4, 0.5) is 8.78 Å². The van der Waals surface area contributed by atoms with Gasteiger partial charge in [0, 0.05) is 12.1 Å². The predicted octanol–water partition coefficient (Wildman–Crippen LogP) is 3.00. The molecule has 1 fully saturated rings. The van der Waals surface area contributed by atoms with Gasteiger partial charge in [0.2, 0.25) is 0 Å². The molecule has 1 saturated heterocycles. The molecule has 0 aliphatic carbocycles. The summed E-state index contributed by atoms with van der Waals surface area (Å²) in [6, 6.07) is 4.84. The summed E-state index contributed by atoms with van der Waals surface area (Å²) in [5.41, 5.74) is 2.32. The Morgan fingerprint density at radius 2 is 2.30 bits per heavy atom. The molecule has 0 spiro atoms. The molecule has 7 heteroatoms. The number of rotatable bonds is 4. The number of alkyl halides is 2. The SMILES string of the molecule is Cc1c(C2=NN3CCC(F)C3C2OCCF)ccc(C#N)c1Cl. The second kappa shape index (κ2) is 6.42. The molecule has 2 heterocycles. The fourth-order valence-corrected chi connectivity index (χ4v) is 3.39. The van der Waals surface area contributed by atoms with Crippen molar-refractivity contribution in [1.29, 1.82) is 5.26 Å². The summed E-state index contributed by atoms with van der Waals surface area (Å²) in [6.07, 6.45) is -1.30. The van der Waals surface area contributed by atoms with Crippen LogP contribution in [-0.4, -0.2) is 48.9 Å². The fraction of sp³-hybridized carbons (Fsp3) is 0.500. The smallest absolute Gasteiger partial charge is 0.127 e. The Morgan fingerprint density at radius 1 is 1.52 bits per heavy atom. The molecule has 1 aromatic carbocycles. The average Bonchev–Trinajstić information content (AvgIpc) is 3.08. The molecule has 4 nitrogen and oxygen atoms in total. The highest BCUT2D eigenvalue weighted by molar-refractivity contribution is 6.33. The Morgan fingerprint density at radius 3 is 3.00 bits per heavy atom. The molecule has 3 unspecified atom stereocenters. The van der Waals surface area contributed by atoms with Crippen molar-refractivity contribution >= 4 is 17.3 Å². The first-order chi connectivity index (χ1) is 11.1. The zero-order chi connectivity index (χ0) is 16.6. The number of fused-ring (bicyclic) bond motifs is 1. The molecule has 0 aromatic heterocycles. The van der Waals surface area contributed by atoms with Gasteiger partial charge in [0.25, 0.3) is 0 Å². The molecule has 2 aliphatic rings. The zero-order valence-corrected chi connectivity index (χ0v) is 13.4. The summed E-state index contributed by atoms with van der Waals surface area (Å²) in [4.78, 5) is 0. The van der Waals surface area contributed by atoms with E-state index in [1.807, 2.05) is 6.07 Å². The number of nitriles is 1. The van der Waals surface area contributed by atoms with Gasteiger partial charge >= 0.3 is 0 Å². The van der Waals surface area contributed by atoms with E-state index in [4.69, 9.17) is 21.6 Å². The molecule has 0 bridgehead atoms. The highest BCUT2D eigenvalue weighted by Crippen LogP contribution is 2.35. The van der Waals surface area contributed by atoms with Crippen LogP contribution in [0.5, 0.6) is 0 Å². The van der Waals surface area contributed by atoms with Gasteiger partial charge in [0.05, 0.1) is 22.9 Å². The van der Waals surface area contributed by atoms with E-state index >= 15 is 0 Å². The minimum absolute atomic E-state index is 0.107. The fourth-order valence-electron chi connectivity index (χ4n) is 3.19. The number of nitrogens with zero attached hydrogens (tertiary/aromatic N) is 3. The van der Waals surface area contributed by atoms with E-state index in [1.165, 1.54) is 0 Å². The van der Waals surface area contributed by atoms with E-state index in [9.17, 15) is 8.78 Å². The van der Waals surface area contributed by atoms with Crippen LogP contribution in [0.25, 0.3) is 0 Å². The van der Waals surface area contributed by atoms with Gasteiger partial charge in [-0.15, -0.1) is 0 Å². The molecule has 23 heavy (non-hydrogen) atoms. The normalized spacial score (nSPS) is 26.1. The van der Waals surface area contributed by atoms with Gasteiger partial charge in [0.1, 0.15) is 31.1 Å². The van der Waals surface area contributed by atoms with Crippen LogP contribution in [0.3, 0.4) is 0 Å². The first-order valence-corrected chi connectivity index (χ1v) is 7.82. The van der Waals surface area contributed by atoms with Crippen LogP contribution in [0, 0.1) is 18.3 Å². The molecular weight excluding hydrogens is 324 g/mol. The van der Waals surface area contributed by atoms with Crippen molar-refractivity contribution in [2.24, 2.45) is 5.10 Å². The first kappa shape index (κ1) is 16.2. The van der Waals surface area contributed by atoms with E-state index in [0.29, 0.717) is 40.4 Å². The number of hydrogen-bond acceptors (Lipinski definition) is 4. The Bertz CT molecular complexity index is 689. The minimum atomic E-state index is -1.06. The van der Waals surface area contributed by atoms with Crippen molar-refractivity contribution in [1.82, 2.24) is 5.01 Å². The molecule has 0 N–H and O–H groups in total. The van der Waals surface area contributed by atoms with Gasteiger partial charge in [-0.25, -0.2) is 8.78 Å². The van der Waals surface area contributed by atoms with Crippen LogP contribution in [0.1, 0.15) is 23.1 Å². The van der Waals surface area contributed by atoms with Crippen molar-refractivity contribution in [3.8, 4) is 6.07 Å². The van der Waals surface area contributed by atoms with Crippen LogP contribution in [0.2, 0.25) is 5.02 Å². The molecule has 3 atom stereocenters. The van der Waals surface area contributed by atoms with Gasteiger partial charge in [-0.1, -0.05) is 17.7 Å². The highest BCUT2D eigenvalue weighted by atomic mass is 35.5. The predicted molar refractivity (Wildman–Crippen MR) is 83.2 cm³/mol. The van der Waals surface area contributed by atoms with Gasteiger partial charge in [-0.05, 0) is 25.0 Å². The molecule has 0 radical (unpaired) electrons. The van der Waals surface area contributed by atoms with Crippen LogP contribution in [-0.2, 0) is 4.74 Å². The second-order valence-electron chi connectivity index (χ2n) is 5.64. The van der Waals surface area contributed by atoms with Crippen molar-refractivity contribution in [2.45, 2.75) is 31.7 Å². The summed E-state index contributed by atoms with van der Waals surface area (Å²) in [5, 5.41) is 15.6. The lowest BCUT2D eigenvalue weighted by Gasteiger charge is -2.23. The number of ether oxygens (including phenoxy) is 1. The number of benzene rings is 1. The van der Waals surface area contributed by atoms with E-state index < -0.39 is 25.0 Å². The van der Waals surface area contributed by atoms with Crippen molar-refractivity contribution in [2.75, 3.05) is 19.8 Å². The Hall–Kier alpha value is -1.71. The number of hydrogen-bond donors (Lipinski definition) is 0. The third kappa shape index (κ3) is 2.68. The summed E-state index contributed by atoms with van der Waals surface area (Å²) >= 11 is 6.21. The molecule has 122 valence electrons. The average molecular weight is 340 g/mol. The van der Waals surface area contributed by atoms with Gasteiger partial charge in [-0.3, -0.25) is 5.01 Å². The van der Waals surface area contributed by atoms with Gasteiger partial charge in [0.15, 0.2) is 0 Å². The lowest BCUT2D eigenvalue weighted by Crippen LogP contribution is -2.41. The number of hydrazone groups is 1. The molecular formula is C16H16ClF2N3O. The lowest BCUT2D eigenvalue weighted by atomic mass is 9.94. The van der Waals surface area contributed by atoms with Crippen molar-refractivity contribution in [3.63, 3.8) is 0 Å². The molecule has 0 amide bonds. The summed E-state index contributed by atoms with van der Waals surface area (Å²) in [7, 11) is 0.